The van der Waals surface area contributed by atoms with Gasteiger partial charge in [-0.15, -0.1) is 0 Å². The zero-order valence-corrected chi connectivity index (χ0v) is 35.6. The fourth-order valence-corrected chi connectivity index (χ4v) is 13.0. The summed E-state index contributed by atoms with van der Waals surface area (Å²) in [5.41, 5.74) is 16.9. The lowest BCUT2D eigenvalue weighted by molar-refractivity contribution is -0.0872. The molecule has 3 aliphatic carbocycles. The van der Waals surface area contributed by atoms with Gasteiger partial charge in [-0.2, -0.15) is 0 Å². The highest BCUT2D eigenvalue weighted by atomic mass is 16.5. The van der Waals surface area contributed by atoms with Gasteiger partial charge < -0.3 is 19.3 Å². The predicted octanol–water partition coefficient (Wildman–Crippen LogP) is 14.0. The first-order valence-electron chi connectivity index (χ1n) is 22.0. The summed E-state index contributed by atoms with van der Waals surface area (Å²) >= 11 is 0. The minimum absolute atomic E-state index is 0.163. The molecule has 0 bridgehead atoms. The molecule has 5 aliphatic rings. The molecule has 4 nitrogen and oxygen atoms in total. The number of benzene rings is 6. The summed E-state index contributed by atoms with van der Waals surface area (Å²) in [5, 5.41) is 0. The first-order chi connectivity index (χ1) is 28.6. The molecule has 0 amide bonds. The van der Waals surface area contributed by atoms with Crippen LogP contribution >= 0.6 is 0 Å². The lowest BCUT2D eigenvalue weighted by Gasteiger charge is -2.50. The van der Waals surface area contributed by atoms with Gasteiger partial charge in [0.15, 0.2) is 0 Å². The summed E-state index contributed by atoms with van der Waals surface area (Å²) in [4.78, 5) is 5.16. The van der Waals surface area contributed by atoms with Gasteiger partial charge in [0.25, 0.3) is 0 Å². The second-order valence-electron chi connectivity index (χ2n) is 19.0. The first kappa shape index (κ1) is 36.9. The number of fused-ring (bicyclic) bond motifs is 9. The Bertz CT molecular complexity index is 2450. The van der Waals surface area contributed by atoms with Gasteiger partial charge in [-0.05, 0) is 145 Å². The summed E-state index contributed by atoms with van der Waals surface area (Å²) in [6.07, 6.45) is 9.00. The summed E-state index contributed by atoms with van der Waals surface area (Å²) in [7, 11) is 3.87. The molecule has 0 saturated heterocycles. The average Bonchev–Trinajstić information content (AvgIpc) is 3.75. The Morgan fingerprint density at radius 1 is 0.407 bits per heavy atom. The van der Waals surface area contributed by atoms with Crippen LogP contribution in [0, 0.1) is 0 Å². The van der Waals surface area contributed by atoms with Crippen LogP contribution in [0.25, 0.3) is 33.4 Å². The number of para-hydroxylation sites is 2. The molecule has 4 atom stereocenters. The second-order valence-corrected chi connectivity index (χ2v) is 19.0. The maximum atomic E-state index is 6.71. The molecule has 0 radical (unpaired) electrons. The van der Waals surface area contributed by atoms with Crippen LogP contribution in [0.4, 0.5) is 22.7 Å². The van der Waals surface area contributed by atoms with E-state index in [0.717, 1.165) is 25.7 Å². The molecule has 11 rings (SSSR count). The van der Waals surface area contributed by atoms with Crippen LogP contribution in [0.2, 0.25) is 0 Å². The molecule has 59 heavy (non-hydrogen) atoms. The third kappa shape index (κ3) is 4.79. The van der Waals surface area contributed by atoms with E-state index < -0.39 is 0 Å². The maximum absolute atomic E-state index is 6.71. The van der Waals surface area contributed by atoms with Crippen LogP contribution in [-0.2, 0) is 26.1 Å². The highest BCUT2D eigenvalue weighted by Gasteiger charge is 2.62. The van der Waals surface area contributed by atoms with E-state index in [2.05, 4.69) is 171 Å². The second kappa shape index (κ2) is 12.9. The van der Waals surface area contributed by atoms with Crippen molar-refractivity contribution < 1.29 is 9.47 Å². The van der Waals surface area contributed by atoms with Crippen molar-refractivity contribution in [2.45, 2.75) is 107 Å². The fraction of sp³-hybridized carbons (Fsp3) is 0.345. The molecule has 2 fully saturated rings. The van der Waals surface area contributed by atoms with E-state index >= 15 is 0 Å². The number of hydrogen-bond acceptors (Lipinski definition) is 4. The van der Waals surface area contributed by atoms with Crippen LogP contribution in [0.3, 0.4) is 0 Å². The van der Waals surface area contributed by atoms with E-state index in [1.165, 1.54) is 104 Å². The Labute approximate surface area is 350 Å². The molecule has 0 aromatic heterocycles. The minimum atomic E-state index is -0.370. The van der Waals surface area contributed by atoms with Gasteiger partial charge in [-0.25, -0.2) is 0 Å². The standard InChI is InChI=1S/C55H56N2O2/c1-51(2)45-33-37(39-23-27-49-47(35-39)54(58-5)31-15-13-29-52(54,3)56(49)41-17-9-7-10-18-41)21-25-43(45)44-26-22-38(34-46(44)51)40-24-28-50-48(36-40)55(59-6)32-16-14-30-53(55,4)57(50)42-19-11-8-12-20-42/h7-12,17-28,33-36H,13-16,29-32H2,1-6H3. The van der Waals surface area contributed by atoms with Crippen molar-refractivity contribution in [1.29, 1.82) is 0 Å². The van der Waals surface area contributed by atoms with Crippen LogP contribution in [0.15, 0.2) is 133 Å². The van der Waals surface area contributed by atoms with Crippen molar-refractivity contribution >= 4 is 22.7 Å². The number of rotatable bonds is 6. The molecular formula is C55H56N2O2. The Balaban J connectivity index is 0.971. The monoisotopic (exact) mass is 776 g/mol. The third-order valence-electron chi connectivity index (χ3n) is 16.0. The molecular weight excluding hydrogens is 721 g/mol. The van der Waals surface area contributed by atoms with E-state index in [4.69, 9.17) is 9.47 Å². The Kier molecular flexibility index (Phi) is 8.08. The number of ether oxygens (including phenoxy) is 2. The molecule has 6 aromatic carbocycles. The van der Waals surface area contributed by atoms with Crippen molar-refractivity contribution in [3.8, 4) is 33.4 Å². The van der Waals surface area contributed by atoms with Crippen LogP contribution in [0.1, 0.15) is 101 Å². The molecule has 2 saturated carbocycles. The Hall–Kier alpha value is -5.16. The molecule has 0 spiro atoms. The van der Waals surface area contributed by atoms with E-state index in [9.17, 15) is 0 Å². The Morgan fingerprint density at radius 2 is 0.763 bits per heavy atom. The summed E-state index contributed by atoms with van der Waals surface area (Å²) in [6.45, 7) is 9.67. The average molecular weight is 777 g/mol. The van der Waals surface area contributed by atoms with Crippen LogP contribution in [-0.4, -0.2) is 25.3 Å². The number of methoxy groups -OCH3 is 2. The predicted molar refractivity (Wildman–Crippen MR) is 243 cm³/mol. The molecule has 2 aliphatic heterocycles. The van der Waals surface area contributed by atoms with E-state index in [1.54, 1.807) is 0 Å². The normalized spacial score (nSPS) is 27.1. The lowest BCUT2D eigenvalue weighted by atomic mass is 9.68. The number of hydrogen-bond donors (Lipinski definition) is 0. The SMILES string of the molecule is COC12CCCCC1(C)N(c1ccccc1)c1ccc(-c3ccc4c(c3)C(C)(C)c3cc(-c5ccc6c(c5)C5(OC)CCCCC5(C)N6c5ccccc5)ccc3-4)cc12. The smallest absolute Gasteiger partial charge is 0.118 e. The number of nitrogens with zero attached hydrogens (tertiary/aromatic N) is 2. The van der Waals surface area contributed by atoms with Crippen molar-refractivity contribution in [1.82, 2.24) is 0 Å². The zero-order valence-electron chi connectivity index (χ0n) is 35.6. The largest absolute Gasteiger partial charge is 0.371 e. The van der Waals surface area contributed by atoms with E-state index in [0.29, 0.717) is 0 Å². The van der Waals surface area contributed by atoms with Gasteiger partial charge in [0.05, 0.1) is 11.1 Å². The highest BCUT2D eigenvalue weighted by Crippen LogP contribution is 2.63. The van der Waals surface area contributed by atoms with Gasteiger partial charge in [0.2, 0.25) is 0 Å². The summed E-state index contributed by atoms with van der Waals surface area (Å²) < 4.78 is 13.4. The van der Waals surface area contributed by atoms with E-state index in [1.807, 2.05) is 14.2 Å². The van der Waals surface area contributed by atoms with Crippen molar-refractivity contribution in [3.63, 3.8) is 0 Å². The third-order valence-corrected chi connectivity index (χ3v) is 16.0. The molecule has 6 aromatic rings. The molecule has 0 N–H and O–H groups in total. The van der Waals surface area contributed by atoms with Crippen molar-refractivity contribution in [2.75, 3.05) is 24.0 Å². The highest BCUT2D eigenvalue weighted by molar-refractivity contribution is 5.88. The van der Waals surface area contributed by atoms with E-state index in [-0.39, 0.29) is 27.7 Å². The minimum Gasteiger partial charge on any atom is -0.371 e. The fourth-order valence-electron chi connectivity index (χ4n) is 13.0. The maximum Gasteiger partial charge on any atom is 0.118 e. The number of anilines is 4. The summed E-state index contributed by atoms with van der Waals surface area (Å²) in [6, 6.07) is 50.5. The van der Waals surface area contributed by atoms with Gasteiger partial charge in [0, 0.05) is 53.5 Å². The van der Waals surface area contributed by atoms with Gasteiger partial charge in [0.1, 0.15) is 11.2 Å². The van der Waals surface area contributed by atoms with Crippen molar-refractivity contribution in [2.24, 2.45) is 0 Å². The van der Waals surface area contributed by atoms with Gasteiger partial charge in [-0.1, -0.05) is 112 Å². The quantitative estimate of drug-likeness (QED) is 0.168. The zero-order chi connectivity index (χ0) is 40.4. The lowest BCUT2D eigenvalue weighted by Crippen LogP contribution is -2.57. The molecule has 4 heteroatoms. The van der Waals surface area contributed by atoms with Gasteiger partial charge >= 0.3 is 0 Å². The van der Waals surface area contributed by atoms with Crippen molar-refractivity contribution in [3.05, 3.63) is 156 Å². The molecule has 298 valence electrons. The molecule has 2 heterocycles. The molecule has 4 unspecified atom stereocenters. The first-order valence-corrected chi connectivity index (χ1v) is 22.0. The van der Waals surface area contributed by atoms with Crippen LogP contribution in [0.5, 0.6) is 0 Å². The van der Waals surface area contributed by atoms with Gasteiger partial charge in [-0.3, -0.25) is 0 Å². The topological polar surface area (TPSA) is 24.9 Å². The Morgan fingerprint density at radius 3 is 1.15 bits per heavy atom. The van der Waals surface area contributed by atoms with Crippen LogP contribution < -0.4 is 9.80 Å². The summed E-state index contributed by atoms with van der Waals surface area (Å²) in [5.74, 6) is 0.